The molecule has 0 saturated heterocycles. The van der Waals surface area contributed by atoms with E-state index in [1.807, 2.05) is 59.2 Å². The number of aromatic nitrogens is 3. The van der Waals surface area contributed by atoms with E-state index in [9.17, 15) is 4.79 Å². The van der Waals surface area contributed by atoms with Crippen LogP contribution in [-0.2, 0) is 17.9 Å². The third kappa shape index (κ3) is 3.82. The molecule has 27 heavy (non-hydrogen) atoms. The van der Waals surface area contributed by atoms with E-state index in [0.29, 0.717) is 17.4 Å². The number of carbonyl (C=O) groups is 1. The number of carbonyl (C=O) groups excluding carboxylic acids is 1. The lowest BCUT2D eigenvalue weighted by atomic mass is 10.3. The van der Waals surface area contributed by atoms with Crippen molar-refractivity contribution in [1.29, 1.82) is 0 Å². The fraction of sp³-hybridized carbons (Fsp3) is 0.150. The van der Waals surface area contributed by atoms with Crippen molar-refractivity contribution in [3.05, 3.63) is 72.2 Å². The van der Waals surface area contributed by atoms with Gasteiger partial charge >= 0.3 is 0 Å². The first-order valence-electron chi connectivity index (χ1n) is 8.54. The number of fused-ring (bicyclic) bond motifs is 1. The molecule has 0 atom stereocenters. The molecule has 2 aromatic heterocycles. The van der Waals surface area contributed by atoms with Crippen LogP contribution in [0.1, 0.15) is 11.6 Å². The van der Waals surface area contributed by atoms with Gasteiger partial charge in [0.25, 0.3) is 0 Å². The van der Waals surface area contributed by atoms with E-state index in [1.165, 1.54) is 0 Å². The lowest BCUT2D eigenvalue weighted by Gasteiger charge is -2.10. The molecule has 1 amide bonds. The van der Waals surface area contributed by atoms with Gasteiger partial charge in [-0.3, -0.25) is 4.79 Å². The third-order valence-electron chi connectivity index (χ3n) is 4.04. The van der Waals surface area contributed by atoms with E-state index in [4.69, 9.17) is 9.26 Å². The summed E-state index contributed by atoms with van der Waals surface area (Å²) in [5.41, 5.74) is 1.69. The maximum atomic E-state index is 12.5. The summed E-state index contributed by atoms with van der Waals surface area (Å²) in [6, 6.07) is 18.9. The molecule has 0 saturated carbocycles. The first-order valence-corrected chi connectivity index (χ1v) is 8.54. The molecular formula is C20H18N4O3. The van der Waals surface area contributed by atoms with Gasteiger partial charge in [-0.05, 0) is 31.2 Å². The normalized spacial score (nSPS) is 10.9. The third-order valence-corrected chi connectivity index (χ3v) is 4.04. The first-order chi connectivity index (χ1) is 13.2. The second kappa shape index (κ2) is 7.33. The van der Waals surface area contributed by atoms with Crippen molar-refractivity contribution >= 4 is 22.8 Å². The number of hydrogen-bond donors (Lipinski definition) is 1. The number of ether oxygens (including phenoxy) is 1. The fourth-order valence-electron chi connectivity index (χ4n) is 2.83. The Labute approximate surface area is 155 Å². The van der Waals surface area contributed by atoms with Gasteiger partial charge in [0.15, 0.2) is 5.82 Å². The highest BCUT2D eigenvalue weighted by Gasteiger charge is 2.15. The van der Waals surface area contributed by atoms with Gasteiger partial charge in [-0.1, -0.05) is 35.5 Å². The van der Waals surface area contributed by atoms with Gasteiger partial charge in [0.1, 0.15) is 30.5 Å². The molecule has 0 radical (unpaired) electrons. The molecule has 2 aromatic carbocycles. The van der Waals surface area contributed by atoms with Gasteiger partial charge in [0.05, 0.1) is 11.0 Å². The van der Waals surface area contributed by atoms with Crippen LogP contribution in [0.3, 0.4) is 0 Å². The van der Waals surface area contributed by atoms with Gasteiger partial charge in [-0.25, -0.2) is 4.98 Å². The topological polar surface area (TPSA) is 82.2 Å². The Morgan fingerprint density at radius 1 is 1.15 bits per heavy atom. The van der Waals surface area contributed by atoms with Gasteiger partial charge in [-0.2, -0.15) is 0 Å². The molecule has 0 aliphatic carbocycles. The molecule has 136 valence electrons. The number of anilines is 1. The van der Waals surface area contributed by atoms with Crippen LogP contribution in [0.25, 0.3) is 11.0 Å². The van der Waals surface area contributed by atoms with Crippen molar-refractivity contribution in [2.75, 3.05) is 5.32 Å². The molecule has 4 rings (SSSR count). The Morgan fingerprint density at radius 2 is 1.93 bits per heavy atom. The average Bonchev–Trinajstić information content (AvgIpc) is 3.24. The highest BCUT2D eigenvalue weighted by Crippen LogP contribution is 2.18. The number of imidazole rings is 1. The Bertz CT molecular complexity index is 1070. The summed E-state index contributed by atoms with van der Waals surface area (Å²) in [5, 5.41) is 6.52. The largest absolute Gasteiger partial charge is 0.486 e. The van der Waals surface area contributed by atoms with Crippen LogP contribution in [0.2, 0.25) is 0 Å². The van der Waals surface area contributed by atoms with E-state index >= 15 is 0 Å². The summed E-state index contributed by atoms with van der Waals surface area (Å²) in [5.74, 6) is 2.23. The second-order valence-corrected chi connectivity index (χ2v) is 6.08. The minimum absolute atomic E-state index is 0.0971. The minimum Gasteiger partial charge on any atom is -0.486 e. The Morgan fingerprint density at radius 3 is 2.70 bits per heavy atom. The first kappa shape index (κ1) is 16.8. The van der Waals surface area contributed by atoms with Crippen molar-refractivity contribution in [2.24, 2.45) is 0 Å². The van der Waals surface area contributed by atoms with Gasteiger partial charge in [-0.15, -0.1) is 0 Å². The Kier molecular flexibility index (Phi) is 4.57. The molecule has 0 unspecified atom stereocenters. The molecule has 4 aromatic rings. The van der Waals surface area contributed by atoms with Crippen LogP contribution in [-0.4, -0.2) is 20.6 Å². The van der Waals surface area contributed by atoms with Crippen molar-refractivity contribution in [2.45, 2.75) is 20.1 Å². The van der Waals surface area contributed by atoms with Crippen LogP contribution in [0.4, 0.5) is 5.82 Å². The van der Waals surface area contributed by atoms with E-state index in [1.54, 1.807) is 13.0 Å². The van der Waals surface area contributed by atoms with Crippen LogP contribution in [0.5, 0.6) is 5.75 Å². The van der Waals surface area contributed by atoms with Crippen LogP contribution >= 0.6 is 0 Å². The van der Waals surface area contributed by atoms with E-state index < -0.39 is 0 Å². The van der Waals surface area contributed by atoms with E-state index in [-0.39, 0.29) is 19.1 Å². The molecule has 7 heteroatoms. The molecule has 0 bridgehead atoms. The van der Waals surface area contributed by atoms with E-state index in [2.05, 4.69) is 15.5 Å². The maximum Gasteiger partial charge on any atom is 0.245 e. The van der Waals surface area contributed by atoms with Gasteiger partial charge in [0.2, 0.25) is 5.91 Å². The zero-order chi connectivity index (χ0) is 18.6. The van der Waals surface area contributed by atoms with Crippen molar-refractivity contribution in [3.63, 3.8) is 0 Å². The summed E-state index contributed by atoms with van der Waals surface area (Å²) < 4.78 is 12.6. The van der Waals surface area contributed by atoms with Gasteiger partial charge in [0, 0.05) is 6.07 Å². The fourth-order valence-corrected chi connectivity index (χ4v) is 2.83. The molecule has 1 N–H and O–H groups in total. The highest BCUT2D eigenvalue weighted by molar-refractivity contribution is 5.90. The molecule has 0 fully saturated rings. The summed E-state index contributed by atoms with van der Waals surface area (Å²) in [7, 11) is 0. The quantitative estimate of drug-likeness (QED) is 0.567. The monoisotopic (exact) mass is 362 g/mol. The van der Waals surface area contributed by atoms with E-state index in [0.717, 1.165) is 16.8 Å². The number of rotatable bonds is 6. The average molecular weight is 362 g/mol. The predicted octanol–water partition coefficient (Wildman–Crippen LogP) is 3.55. The van der Waals surface area contributed by atoms with Crippen molar-refractivity contribution < 1.29 is 14.1 Å². The number of nitrogens with zero attached hydrogens (tertiary/aromatic N) is 3. The molecule has 0 aliphatic heterocycles. The Balaban J connectivity index is 1.56. The molecule has 0 spiro atoms. The number of nitrogens with one attached hydrogen (secondary N) is 1. The second-order valence-electron chi connectivity index (χ2n) is 6.08. The summed E-state index contributed by atoms with van der Waals surface area (Å²) in [6.07, 6.45) is 0. The summed E-state index contributed by atoms with van der Waals surface area (Å²) >= 11 is 0. The Hall–Kier alpha value is -3.61. The SMILES string of the molecule is Cc1cc(NC(=O)Cn2c(COc3ccccc3)nc3ccccc32)no1. The number of amides is 1. The zero-order valence-electron chi connectivity index (χ0n) is 14.8. The summed E-state index contributed by atoms with van der Waals surface area (Å²) in [4.78, 5) is 17.1. The predicted molar refractivity (Wildman–Crippen MR) is 100 cm³/mol. The van der Waals surface area contributed by atoms with Crippen LogP contribution in [0, 0.1) is 6.92 Å². The smallest absolute Gasteiger partial charge is 0.245 e. The van der Waals surface area contributed by atoms with Crippen LogP contribution in [0.15, 0.2) is 65.2 Å². The lowest BCUT2D eigenvalue weighted by Crippen LogP contribution is -2.21. The standard InChI is InChI=1S/C20H18N4O3/c1-14-11-18(23-27-14)22-20(25)12-24-17-10-6-5-9-16(17)21-19(24)13-26-15-7-3-2-4-8-15/h2-11H,12-13H2,1H3,(H,22,23,25). The number of aryl methyl sites for hydroxylation is 1. The molecule has 2 heterocycles. The minimum atomic E-state index is -0.215. The number of benzene rings is 2. The van der Waals surface area contributed by atoms with Gasteiger partial charge < -0.3 is 19.1 Å². The highest BCUT2D eigenvalue weighted by atomic mass is 16.5. The number of para-hydroxylation sites is 3. The van der Waals surface area contributed by atoms with Crippen LogP contribution < -0.4 is 10.1 Å². The van der Waals surface area contributed by atoms with Crippen molar-refractivity contribution in [1.82, 2.24) is 14.7 Å². The van der Waals surface area contributed by atoms with Crippen molar-refractivity contribution in [3.8, 4) is 5.75 Å². The summed E-state index contributed by atoms with van der Waals surface area (Å²) in [6.45, 7) is 2.13. The molecule has 0 aliphatic rings. The lowest BCUT2D eigenvalue weighted by molar-refractivity contribution is -0.116. The molecular weight excluding hydrogens is 344 g/mol. The zero-order valence-corrected chi connectivity index (χ0v) is 14.8. The maximum absolute atomic E-state index is 12.5. The number of hydrogen-bond acceptors (Lipinski definition) is 5. The molecule has 7 nitrogen and oxygen atoms in total.